The van der Waals surface area contributed by atoms with Crippen LogP contribution in [0.1, 0.15) is 11.1 Å². The fourth-order valence-electron chi connectivity index (χ4n) is 1.58. The number of pyridine rings is 1. The summed E-state index contributed by atoms with van der Waals surface area (Å²) in [5.41, 5.74) is 2.20. The van der Waals surface area contributed by atoms with Crippen molar-refractivity contribution in [2.45, 2.75) is 12.3 Å². The highest BCUT2D eigenvalue weighted by Gasteiger charge is 2.01. The second kappa shape index (κ2) is 6.26. The summed E-state index contributed by atoms with van der Waals surface area (Å²) in [6.07, 6.45) is 4.48. The third kappa shape index (κ3) is 3.46. The molecule has 17 heavy (non-hydrogen) atoms. The van der Waals surface area contributed by atoms with E-state index >= 15 is 0 Å². The fraction of sp³-hybridized carbons (Fsp3) is 0.214. The number of benzene rings is 1. The number of nitrogens with zero attached hydrogens (tertiary/aromatic N) is 1. The Balaban J connectivity index is 1.90. The molecule has 2 nitrogen and oxygen atoms in total. The number of aromatic nitrogens is 1. The minimum absolute atomic E-state index is 0.475. The molecule has 0 fully saturated rings. The van der Waals surface area contributed by atoms with Crippen LogP contribution in [0, 0.1) is 0 Å². The smallest absolute Gasteiger partial charge is 0.123 e. The number of rotatable bonds is 5. The van der Waals surface area contributed by atoms with Crippen LogP contribution in [0.5, 0.6) is 5.75 Å². The van der Waals surface area contributed by atoms with E-state index < -0.39 is 0 Å². The van der Waals surface area contributed by atoms with E-state index in [2.05, 4.69) is 4.98 Å². The Morgan fingerprint density at radius 2 is 2.00 bits per heavy atom. The van der Waals surface area contributed by atoms with Crippen molar-refractivity contribution in [3.63, 3.8) is 0 Å². The van der Waals surface area contributed by atoms with Gasteiger partial charge in [0, 0.05) is 24.4 Å². The Hall–Kier alpha value is -1.54. The van der Waals surface area contributed by atoms with Crippen molar-refractivity contribution in [2.75, 3.05) is 6.61 Å². The van der Waals surface area contributed by atoms with E-state index in [9.17, 15) is 0 Å². The predicted octanol–water partition coefficient (Wildman–Crippen LogP) is 3.44. The molecule has 0 N–H and O–H groups in total. The lowest BCUT2D eigenvalue weighted by Gasteiger charge is -2.09. The van der Waals surface area contributed by atoms with E-state index in [1.54, 1.807) is 6.20 Å². The molecule has 3 heteroatoms. The van der Waals surface area contributed by atoms with Gasteiger partial charge >= 0.3 is 0 Å². The van der Waals surface area contributed by atoms with E-state index in [-0.39, 0.29) is 0 Å². The van der Waals surface area contributed by atoms with E-state index in [0.29, 0.717) is 12.5 Å². The second-order valence-electron chi connectivity index (χ2n) is 3.70. The number of halogens is 1. The second-order valence-corrected chi connectivity index (χ2v) is 3.97. The lowest BCUT2D eigenvalue weighted by Crippen LogP contribution is -2.03. The Labute approximate surface area is 106 Å². The molecular weight excluding hydrogens is 234 g/mol. The van der Waals surface area contributed by atoms with Crippen LogP contribution < -0.4 is 4.74 Å². The maximum atomic E-state index is 5.84. The van der Waals surface area contributed by atoms with Gasteiger partial charge in [-0.25, -0.2) is 0 Å². The molecule has 1 aromatic heterocycles. The molecule has 0 aliphatic carbocycles. The van der Waals surface area contributed by atoms with Gasteiger partial charge in [-0.15, -0.1) is 11.6 Å². The summed E-state index contributed by atoms with van der Waals surface area (Å²) in [6.45, 7) is 0.638. The van der Waals surface area contributed by atoms with Crippen LogP contribution in [0.3, 0.4) is 0 Å². The summed E-state index contributed by atoms with van der Waals surface area (Å²) in [6, 6.07) is 11.8. The Morgan fingerprint density at radius 3 is 2.76 bits per heavy atom. The van der Waals surface area contributed by atoms with Gasteiger partial charge in [0.05, 0.1) is 12.5 Å². The first-order chi connectivity index (χ1) is 8.40. The Kier molecular flexibility index (Phi) is 4.39. The zero-order valence-electron chi connectivity index (χ0n) is 9.47. The van der Waals surface area contributed by atoms with Crippen molar-refractivity contribution in [1.29, 1.82) is 0 Å². The number of alkyl halides is 1. The van der Waals surface area contributed by atoms with E-state index in [4.69, 9.17) is 16.3 Å². The number of ether oxygens (including phenoxy) is 1. The van der Waals surface area contributed by atoms with Crippen molar-refractivity contribution >= 4 is 11.6 Å². The summed E-state index contributed by atoms with van der Waals surface area (Å²) in [5, 5.41) is 0. The first-order valence-electron chi connectivity index (χ1n) is 5.55. The highest BCUT2D eigenvalue weighted by molar-refractivity contribution is 6.17. The van der Waals surface area contributed by atoms with Crippen molar-refractivity contribution < 1.29 is 4.74 Å². The molecule has 0 unspecified atom stereocenters. The first kappa shape index (κ1) is 11.9. The molecule has 0 saturated carbocycles. The van der Waals surface area contributed by atoms with Gasteiger partial charge in [-0.1, -0.05) is 24.3 Å². The lowest BCUT2D eigenvalue weighted by molar-refractivity contribution is 0.319. The summed E-state index contributed by atoms with van der Waals surface area (Å²) in [4.78, 5) is 4.07. The molecule has 2 aromatic rings. The number of hydrogen-bond donors (Lipinski definition) is 0. The maximum absolute atomic E-state index is 5.84. The first-order valence-corrected chi connectivity index (χ1v) is 6.09. The molecule has 0 saturated heterocycles. The minimum atomic E-state index is 0.475. The van der Waals surface area contributed by atoms with Crippen LogP contribution in [0.4, 0.5) is 0 Å². The van der Waals surface area contributed by atoms with Gasteiger partial charge < -0.3 is 4.74 Å². The van der Waals surface area contributed by atoms with Crippen molar-refractivity contribution in [3.05, 3.63) is 59.9 Å². The molecule has 0 amide bonds. The van der Waals surface area contributed by atoms with Crippen LogP contribution >= 0.6 is 11.6 Å². The Bertz CT molecular complexity index is 459. The van der Waals surface area contributed by atoms with Gasteiger partial charge in [0.1, 0.15) is 5.75 Å². The van der Waals surface area contributed by atoms with Crippen LogP contribution in [-0.2, 0) is 12.3 Å². The van der Waals surface area contributed by atoms with Crippen molar-refractivity contribution in [1.82, 2.24) is 4.98 Å². The topological polar surface area (TPSA) is 22.1 Å². The van der Waals surface area contributed by atoms with Gasteiger partial charge in [-0.2, -0.15) is 0 Å². The van der Waals surface area contributed by atoms with Gasteiger partial charge in [-0.05, 0) is 17.7 Å². The molecule has 1 aromatic carbocycles. The molecule has 0 aliphatic heterocycles. The van der Waals surface area contributed by atoms with Gasteiger partial charge in [0.25, 0.3) is 0 Å². The van der Waals surface area contributed by atoms with Crippen LogP contribution in [0.15, 0.2) is 48.8 Å². The van der Waals surface area contributed by atoms with E-state index in [1.165, 1.54) is 5.56 Å². The summed E-state index contributed by atoms with van der Waals surface area (Å²) >= 11 is 5.84. The summed E-state index contributed by atoms with van der Waals surface area (Å²) in [5.74, 6) is 1.34. The zero-order valence-corrected chi connectivity index (χ0v) is 10.2. The molecule has 0 radical (unpaired) electrons. The van der Waals surface area contributed by atoms with E-state index in [1.807, 2.05) is 42.6 Å². The summed E-state index contributed by atoms with van der Waals surface area (Å²) in [7, 11) is 0. The van der Waals surface area contributed by atoms with Crippen LogP contribution in [0.25, 0.3) is 0 Å². The van der Waals surface area contributed by atoms with Crippen LogP contribution in [-0.4, -0.2) is 11.6 Å². The number of para-hydroxylation sites is 1. The molecule has 0 bridgehead atoms. The predicted molar refractivity (Wildman–Crippen MR) is 69.4 cm³/mol. The average molecular weight is 248 g/mol. The lowest BCUT2D eigenvalue weighted by atomic mass is 10.2. The molecule has 1 heterocycles. The van der Waals surface area contributed by atoms with Crippen molar-refractivity contribution in [3.8, 4) is 5.75 Å². The van der Waals surface area contributed by atoms with Gasteiger partial charge in [0.15, 0.2) is 0 Å². The quantitative estimate of drug-likeness (QED) is 0.755. The Morgan fingerprint density at radius 1 is 1.12 bits per heavy atom. The molecular formula is C14H14ClNO. The number of hydrogen-bond acceptors (Lipinski definition) is 2. The highest BCUT2D eigenvalue weighted by Crippen LogP contribution is 2.19. The monoisotopic (exact) mass is 247 g/mol. The molecule has 0 spiro atoms. The minimum Gasteiger partial charge on any atom is -0.493 e. The van der Waals surface area contributed by atoms with Gasteiger partial charge in [-0.3, -0.25) is 4.98 Å². The zero-order chi connectivity index (χ0) is 11.9. The maximum Gasteiger partial charge on any atom is 0.123 e. The fourth-order valence-corrected chi connectivity index (χ4v) is 1.80. The highest BCUT2D eigenvalue weighted by atomic mass is 35.5. The normalized spacial score (nSPS) is 10.2. The SMILES string of the molecule is ClCc1ccccc1OCCc1cccnc1. The molecule has 0 aliphatic rings. The van der Waals surface area contributed by atoms with Crippen LogP contribution in [0.2, 0.25) is 0 Å². The molecule has 2 rings (SSSR count). The largest absolute Gasteiger partial charge is 0.493 e. The third-order valence-electron chi connectivity index (χ3n) is 2.49. The standard InChI is InChI=1S/C14H14ClNO/c15-10-13-5-1-2-6-14(13)17-9-7-12-4-3-8-16-11-12/h1-6,8,11H,7,9-10H2. The van der Waals surface area contributed by atoms with E-state index in [0.717, 1.165) is 17.7 Å². The molecule has 88 valence electrons. The molecule has 0 atom stereocenters. The summed E-state index contributed by atoms with van der Waals surface area (Å²) < 4.78 is 5.72. The third-order valence-corrected chi connectivity index (χ3v) is 2.78. The average Bonchev–Trinajstić information content (AvgIpc) is 2.40. The van der Waals surface area contributed by atoms with Crippen molar-refractivity contribution in [2.24, 2.45) is 0 Å². The van der Waals surface area contributed by atoms with Gasteiger partial charge in [0.2, 0.25) is 0 Å².